The third kappa shape index (κ3) is 5.37. The van der Waals surface area contributed by atoms with Gasteiger partial charge in [0, 0.05) is 17.2 Å². The van der Waals surface area contributed by atoms with E-state index in [1.165, 1.54) is 23.9 Å². The molecule has 11 heteroatoms. The molecule has 32 heavy (non-hydrogen) atoms. The van der Waals surface area contributed by atoms with Gasteiger partial charge < -0.3 is 19.8 Å². The van der Waals surface area contributed by atoms with Crippen LogP contribution >= 0.6 is 11.8 Å². The van der Waals surface area contributed by atoms with Crippen LogP contribution < -0.4 is 10.6 Å². The zero-order valence-electron chi connectivity index (χ0n) is 18.4. The molecule has 0 radical (unpaired) electrons. The van der Waals surface area contributed by atoms with E-state index in [-0.39, 0.29) is 29.8 Å². The standard InChI is InChI=1S/C21H24FN5O4S/c1-20(2,3)31-19(29)24-8-11-9-32-15-7-13(22)12(6-14(15)25-16(11)28)17-26-27-18(30-17)21(4,5)10-23/h6-7,11H,8-9H2,1-5H3,(H,24,29)(H,25,28)/t11-/m0/s1. The number of anilines is 1. The second-order valence-corrected chi connectivity index (χ2v) is 9.92. The lowest BCUT2D eigenvalue weighted by Crippen LogP contribution is -2.39. The fraction of sp³-hybridized carbons (Fsp3) is 0.476. The summed E-state index contributed by atoms with van der Waals surface area (Å²) in [7, 11) is 0. The summed E-state index contributed by atoms with van der Waals surface area (Å²) in [4.78, 5) is 25.1. The van der Waals surface area contributed by atoms with Gasteiger partial charge in [0.25, 0.3) is 5.89 Å². The second kappa shape index (κ2) is 8.78. The van der Waals surface area contributed by atoms with Crippen molar-refractivity contribution in [1.82, 2.24) is 15.5 Å². The Balaban J connectivity index is 1.77. The zero-order chi connectivity index (χ0) is 23.7. The molecule has 0 spiro atoms. The van der Waals surface area contributed by atoms with Gasteiger partial charge in [-0.1, -0.05) is 0 Å². The SMILES string of the molecule is CC(C)(C)OC(=O)NC[C@H]1CSc2cc(F)c(-c3nnc(C(C)(C)C#N)o3)cc2NC1=O. The number of thioether (sulfide) groups is 1. The highest BCUT2D eigenvalue weighted by molar-refractivity contribution is 7.99. The van der Waals surface area contributed by atoms with Gasteiger partial charge in [-0.15, -0.1) is 22.0 Å². The van der Waals surface area contributed by atoms with Crippen LogP contribution in [0.4, 0.5) is 14.9 Å². The van der Waals surface area contributed by atoms with Crippen LogP contribution in [0, 0.1) is 23.1 Å². The fourth-order valence-corrected chi connectivity index (χ4v) is 3.84. The van der Waals surface area contributed by atoms with Crippen molar-refractivity contribution in [1.29, 1.82) is 5.26 Å². The predicted molar refractivity (Wildman–Crippen MR) is 115 cm³/mol. The Morgan fingerprint density at radius 3 is 2.75 bits per heavy atom. The van der Waals surface area contributed by atoms with Gasteiger partial charge >= 0.3 is 6.09 Å². The maximum Gasteiger partial charge on any atom is 0.407 e. The highest BCUT2D eigenvalue weighted by Crippen LogP contribution is 2.37. The average molecular weight is 462 g/mol. The summed E-state index contributed by atoms with van der Waals surface area (Å²) in [5.74, 6) is -1.14. The van der Waals surface area contributed by atoms with Gasteiger partial charge in [-0.2, -0.15) is 5.26 Å². The minimum atomic E-state index is -1.02. The summed E-state index contributed by atoms with van der Waals surface area (Å²) in [6, 6.07) is 4.77. The molecule has 2 amide bonds. The smallest absolute Gasteiger partial charge is 0.407 e. The van der Waals surface area contributed by atoms with Crippen molar-refractivity contribution in [3.05, 3.63) is 23.8 Å². The van der Waals surface area contributed by atoms with E-state index in [1.54, 1.807) is 34.6 Å². The summed E-state index contributed by atoms with van der Waals surface area (Å²) in [5, 5.41) is 22.3. The number of nitrogens with one attached hydrogen (secondary N) is 2. The van der Waals surface area contributed by atoms with Gasteiger partial charge in [0.1, 0.15) is 16.8 Å². The van der Waals surface area contributed by atoms with Gasteiger partial charge in [-0.05, 0) is 46.8 Å². The molecule has 2 N–H and O–H groups in total. The third-order valence-electron chi connectivity index (χ3n) is 4.50. The van der Waals surface area contributed by atoms with Crippen LogP contribution in [-0.4, -0.2) is 40.1 Å². The molecule has 1 aliphatic rings. The lowest BCUT2D eigenvalue weighted by molar-refractivity contribution is -0.119. The van der Waals surface area contributed by atoms with Crippen molar-refractivity contribution in [2.45, 2.75) is 50.5 Å². The maximum atomic E-state index is 14.8. The number of carbonyl (C=O) groups excluding carboxylic acids is 2. The maximum absolute atomic E-state index is 14.8. The molecule has 0 bridgehead atoms. The summed E-state index contributed by atoms with van der Waals surface area (Å²) >= 11 is 1.29. The largest absolute Gasteiger partial charge is 0.444 e. The number of hydrogen-bond acceptors (Lipinski definition) is 8. The topological polar surface area (TPSA) is 130 Å². The quantitative estimate of drug-likeness (QED) is 0.702. The van der Waals surface area contributed by atoms with Crippen molar-refractivity contribution < 1.29 is 23.1 Å². The molecule has 0 fully saturated rings. The molecule has 0 aliphatic carbocycles. The summed E-state index contributed by atoms with van der Waals surface area (Å²) in [6.45, 7) is 8.54. The molecule has 9 nitrogen and oxygen atoms in total. The van der Waals surface area contributed by atoms with E-state index in [0.29, 0.717) is 16.3 Å². The highest BCUT2D eigenvalue weighted by atomic mass is 32.2. The number of nitrogens with zero attached hydrogens (tertiary/aromatic N) is 3. The van der Waals surface area contributed by atoms with Crippen molar-refractivity contribution in [3.8, 4) is 17.5 Å². The monoisotopic (exact) mass is 461 g/mol. The van der Waals surface area contributed by atoms with Crippen molar-refractivity contribution in [2.75, 3.05) is 17.6 Å². The molecule has 1 aromatic heterocycles. The van der Waals surface area contributed by atoms with E-state index in [0.717, 1.165) is 0 Å². The van der Waals surface area contributed by atoms with Crippen LogP contribution in [0.2, 0.25) is 0 Å². The molecule has 0 saturated heterocycles. The summed E-state index contributed by atoms with van der Waals surface area (Å²) in [6.07, 6.45) is -0.613. The van der Waals surface area contributed by atoms with Crippen molar-refractivity contribution in [2.24, 2.45) is 5.92 Å². The van der Waals surface area contributed by atoms with Gasteiger partial charge in [-0.3, -0.25) is 4.79 Å². The molecule has 0 saturated carbocycles. The van der Waals surface area contributed by atoms with Gasteiger partial charge in [0.05, 0.1) is 23.2 Å². The van der Waals surface area contributed by atoms with Crippen LogP contribution in [0.5, 0.6) is 0 Å². The first-order valence-corrected chi connectivity index (χ1v) is 10.9. The second-order valence-electron chi connectivity index (χ2n) is 8.86. The van der Waals surface area contributed by atoms with Crippen LogP contribution in [-0.2, 0) is 14.9 Å². The van der Waals surface area contributed by atoms with E-state index >= 15 is 0 Å². The molecular formula is C21H24FN5O4S. The molecule has 2 heterocycles. The molecule has 2 aromatic rings. The number of aromatic nitrogens is 2. The predicted octanol–water partition coefficient (Wildman–Crippen LogP) is 3.86. The van der Waals surface area contributed by atoms with Crippen LogP contribution in [0.1, 0.15) is 40.5 Å². The Bertz CT molecular complexity index is 1090. The Morgan fingerprint density at radius 1 is 1.38 bits per heavy atom. The number of ether oxygens (including phenoxy) is 1. The van der Waals surface area contributed by atoms with Crippen LogP contribution in [0.15, 0.2) is 21.4 Å². The third-order valence-corrected chi connectivity index (χ3v) is 5.72. The Hall–Kier alpha value is -3.13. The molecular weight excluding hydrogens is 437 g/mol. The van der Waals surface area contributed by atoms with Gasteiger partial charge in [-0.25, -0.2) is 9.18 Å². The number of halogens is 1. The first kappa shape index (κ1) is 23.5. The molecule has 1 aliphatic heterocycles. The fourth-order valence-electron chi connectivity index (χ4n) is 2.74. The van der Waals surface area contributed by atoms with Gasteiger partial charge in [0.2, 0.25) is 11.8 Å². The first-order valence-electron chi connectivity index (χ1n) is 9.89. The number of carbonyl (C=O) groups is 2. The molecule has 170 valence electrons. The van der Waals surface area contributed by atoms with E-state index in [4.69, 9.17) is 9.15 Å². The Kier molecular flexibility index (Phi) is 6.46. The Labute approximate surface area is 189 Å². The summed E-state index contributed by atoms with van der Waals surface area (Å²) in [5.41, 5.74) is -1.25. The molecule has 0 unspecified atom stereocenters. The molecule has 1 atom stereocenters. The Morgan fingerprint density at radius 2 is 2.09 bits per heavy atom. The van der Waals surface area contributed by atoms with Crippen LogP contribution in [0.25, 0.3) is 11.5 Å². The summed E-state index contributed by atoms with van der Waals surface area (Å²) < 4.78 is 25.5. The lowest BCUT2D eigenvalue weighted by atomic mass is 9.96. The number of fused-ring (bicyclic) bond motifs is 1. The number of hydrogen-bond donors (Lipinski definition) is 2. The first-order chi connectivity index (χ1) is 14.9. The molecule has 1 aromatic carbocycles. The zero-order valence-corrected chi connectivity index (χ0v) is 19.2. The number of alkyl carbamates (subject to hydrolysis) is 1. The highest BCUT2D eigenvalue weighted by Gasteiger charge is 2.30. The van der Waals surface area contributed by atoms with E-state index < -0.39 is 28.8 Å². The number of rotatable bonds is 4. The van der Waals surface area contributed by atoms with Crippen molar-refractivity contribution in [3.63, 3.8) is 0 Å². The van der Waals surface area contributed by atoms with Crippen molar-refractivity contribution >= 4 is 29.4 Å². The van der Waals surface area contributed by atoms with Gasteiger partial charge in [0.15, 0.2) is 0 Å². The molecule has 3 rings (SSSR count). The number of benzene rings is 1. The van der Waals surface area contributed by atoms with E-state index in [9.17, 15) is 19.2 Å². The van der Waals surface area contributed by atoms with E-state index in [1.807, 2.05) is 6.07 Å². The average Bonchev–Trinajstić information content (AvgIpc) is 3.13. The number of amides is 2. The van der Waals surface area contributed by atoms with Crippen LogP contribution in [0.3, 0.4) is 0 Å². The number of nitriles is 1. The minimum Gasteiger partial charge on any atom is -0.444 e. The normalized spacial score (nSPS) is 16.4. The minimum absolute atomic E-state index is 0.0162. The lowest BCUT2D eigenvalue weighted by Gasteiger charge is -2.21. The van der Waals surface area contributed by atoms with E-state index in [2.05, 4.69) is 20.8 Å².